The van der Waals surface area contributed by atoms with E-state index in [-0.39, 0.29) is 36.6 Å². The van der Waals surface area contributed by atoms with Crippen LogP contribution in [-0.2, 0) is 34.5 Å². The van der Waals surface area contributed by atoms with Crippen molar-refractivity contribution in [3.63, 3.8) is 0 Å². The van der Waals surface area contributed by atoms with Crippen LogP contribution in [0.2, 0.25) is 0 Å². The number of carbonyl (C=O) groups is 2. The summed E-state index contributed by atoms with van der Waals surface area (Å²) in [5.41, 5.74) is 1.11. The average Bonchev–Trinajstić information content (AvgIpc) is 3.23. The van der Waals surface area contributed by atoms with E-state index in [1.807, 2.05) is 12.1 Å². The molecule has 0 bridgehead atoms. The lowest BCUT2D eigenvalue weighted by atomic mass is 9.78. The summed E-state index contributed by atoms with van der Waals surface area (Å²) in [5, 5.41) is 0. The second-order valence-electron chi connectivity index (χ2n) is 9.99. The Kier molecular flexibility index (Phi) is 8.69. The molecule has 1 fully saturated rings. The average molecular weight is 526 g/mol. The van der Waals surface area contributed by atoms with Gasteiger partial charge in [0.25, 0.3) is 10.0 Å². The van der Waals surface area contributed by atoms with Crippen molar-refractivity contribution in [2.45, 2.75) is 68.1 Å². The fourth-order valence-corrected chi connectivity index (χ4v) is 6.76. The molecular formula is C29H35NO6S. The van der Waals surface area contributed by atoms with E-state index in [4.69, 9.17) is 9.47 Å². The van der Waals surface area contributed by atoms with Gasteiger partial charge in [0.2, 0.25) is 0 Å². The number of ether oxygens (including phenoxy) is 2. The lowest BCUT2D eigenvalue weighted by molar-refractivity contribution is -0.145. The first-order chi connectivity index (χ1) is 17.8. The Morgan fingerprint density at radius 2 is 1.38 bits per heavy atom. The topological polar surface area (TPSA) is 90.0 Å². The van der Waals surface area contributed by atoms with Crippen LogP contribution in [0.3, 0.4) is 0 Å². The molecule has 2 aromatic carbocycles. The molecule has 8 heteroatoms. The minimum atomic E-state index is -3.86. The summed E-state index contributed by atoms with van der Waals surface area (Å²) >= 11 is 0. The van der Waals surface area contributed by atoms with Gasteiger partial charge in [0, 0.05) is 19.4 Å². The number of sulfonamides is 1. The summed E-state index contributed by atoms with van der Waals surface area (Å²) in [7, 11) is -3.86. The Labute approximate surface area is 219 Å². The van der Waals surface area contributed by atoms with E-state index in [2.05, 4.69) is 6.58 Å². The number of anilines is 1. The highest BCUT2D eigenvalue weighted by Gasteiger charge is 2.48. The highest BCUT2D eigenvalue weighted by atomic mass is 32.2. The molecule has 198 valence electrons. The molecule has 0 amide bonds. The number of rotatable bonds is 2. The summed E-state index contributed by atoms with van der Waals surface area (Å²) in [6.45, 7) is 4.28. The number of esters is 2. The third-order valence-electron chi connectivity index (χ3n) is 7.07. The Morgan fingerprint density at radius 1 is 0.784 bits per heavy atom. The minimum Gasteiger partial charge on any atom is -0.465 e. The molecule has 2 aromatic rings. The predicted molar refractivity (Wildman–Crippen MR) is 142 cm³/mol. The van der Waals surface area contributed by atoms with Crippen molar-refractivity contribution in [1.29, 1.82) is 0 Å². The third kappa shape index (κ3) is 6.42. The van der Waals surface area contributed by atoms with Crippen molar-refractivity contribution in [3.05, 3.63) is 72.3 Å². The molecule has 0 aliphatic carbocycles. The molecule has 4 rings (SSSR count). The molecule has 1 atom stereocenters. The lowest BCUT2D eigenvalue weighted by Crippen LogP contribution is -2.41. The predicted octanol–water partition coefficient (Wildman–Crippen LogP) is 5.30. The van der Waals surface area contributed by atoms with Crippen molar-refractivity contribution in [1.82, 2.24) is 0 Å². The fraction of sp³-hybridized carbons (Fsp3) is 0.448. The van der Waals surface area contributed by atoms with Gasteiger partial charge < -0.3 is 9.47 Å². The van der Waals surface area contributed by atoms with E-state index < -0.39 is 15.4 Å². The molecular weight excluding hydrogens is 490 g/mol. The van der Waals surface area contributed by atoms with E-state index in [1.54, 1.807) is 42.5 Å². The van der Waals surface area contributed by atoms with Gasteiger partial charge in [0.15, 0.2) is 0 Å². The summed E-state index contributed by atoms with van der Waals surface area (Å²) < 4.78 is 40.1. The zero-order valence-electron chi connectivity index (χ0n) is 21.2. The van der Waals surface area contributed by atoms with Gasteiger partial charge in [-0.05, 0) is 48.6 Å². The highest BCUT2D eigenvalue weighted by molar-refractivity contribution is 7.92. The van der Waals surface area contributed by atoms with Crippen molar-refractivity contribution in [2.75, 3.05) is 24.1 Å². The molecule has 0 radical (unpaired) electrons. The summed E-state index contributed by atoms with van der Waals surface area (Å²) in [6, 6.07) is 15.6. The monoisotopic (exact) mass is 525 g/mol. The number of para-hydroxylation sites is 1. The number of benzene rings is 2. The van der Waals surface area contributed by atoms with E-state index >= 15 is 0 Å². The van der Waals surface area contributed by atoms with Gasteiger partial charge in [-0.1, -0.05) is 68.7 Å². The molecule has 1 unspecified atom stereocenters. The third-order valence-corrected chi connectivity index (χ3v) is 8.84. The van der Waals surface area contributed by atoms with Crippen LogP contribution in [0.5, 0.6) is 0 Å². The second kappa shape index (κ2) is 11.9. The van der Waals surface area contributed by atoms with Crippen LogP contribution in [-0.4, -0.2) is 40.1 Å². The van der Waals surface area contributed by atoms with Crippen LogP contribution in [0.4, 0.5) is 5.69 Å². The fourth-order valence-electron chi connectivity index (χ4n) is 5.17. The highest BCUT2D eigenvalue weighted by Crippen LogP contribution is 2.46. The van der Waals surface area contributed by atoms with Crippen LogP contribution >= 0.6 is 0 Å². The van der Waals surface area contributed by atoms with Crippen LogP contribution in [0.15, 0.2) is 71.6 Å². The summed E-state index contributed by atoms with van der Waals surface area (Å²) in [6.07, 6.45) is 6.41. The number of hydrogen-bond donors (Lipinski definition) is 0. The van der Waals surface area contributed by atoms with Crippen molar-refractivity contribution in [3.8, 4) is 0 Å². The van der Waals surface area contributed by atoms with Gasteiger partial charge in [0.1, 0.15) is 13.2 Å². The Balaban J connectivity index is 1.66. The van der Waals surface area contributed by atoms with Crippen LogP contribution in [0.1, 0.15) is 63.4 Å². The van der Waals surface area contributed by atoms with Gasteiger partial charge in [-0.15, -0.1) is 0 Å². The smallest absolute Gasteiger partial charge is 0.306 e. The molecule has 0 saturated carbocycles. The first-order valence-corrected chi connectivity index (χ1v) is 14.4. The Morgan fingerprint density at radius 3 is 2.08 bits per heavy atom. The van der Waals surface area contributed by atoms with E-state index in [9.17, 15) is 18.0 Å². The standard InChI is InChI=1S/C29H35NO6S/c1-23-19-29(22-36-28(32)18-10-5-3-2-4-9-17-27(31)35-20-23)21-30(26-16-12-11-15-25(26)29)37(33,34)24-13-7-6-8-14-24/h6-8,11-16H,1-5,9-10,17-22H2. The van der Waals surface area contributed by atoms with E-state index in [0.717, 1.165) is 44.1 Å². The number of nitrogens with zero attached hydrogens (tertiary/aromatic N) is 1. The first-order valence-electron chi connectivity index (χ1n) is 13.0. The van der Waals surface area contributed by atoms with Crippen molar-refractivity contribution < 1.29 is 27.5 Å². The molecule has 0 N–H and O–H groups in total. The maximum absolute atomic E-state index is 13.7. The normalized spacial score (nSPS) is 22.7. The number of carbonyl (C=O) groups excluding carboxylic acids is 2. The molecule has 1 spiro atoms. The molecule has 2 heterocycles. The second-order valence-corrected chi connectivity index (χ2v) is 11.9. The lowest BCUT2D eigenvalue weighted by Gasteiger charge is -2.31. The summed E-state index contributed by atoms with van der Waals surface area (Å²) in [5.74, 6) is -0.548. The molecule has 37 heavy (non-hydrogen) atoms. The molecule has 0 aromatic heterocycles. The van der Waals surface area contributed by atoms with Gasteiger partial charge in [-0.3, -0.25) is 13.9 Å². The number of cyclic esters (lactones) is 2. The van der Waals surface area contributed by atoms with Crippen LogP contribution in [0.25, 0.3) is 0 Å². The Bertz CT molecular complexity index is 1230. The molecule has 7 nitrogen and oxygen atoms in total. The Hall–Kier alpha value is -3.13. The molecule has 2 aliphatic heterocycles. The van der Waals surface area contributed by atoms with Gasteiger partial charge in [-0.2, -0.15) is 0 Å². The number of fused-ring (bicyclic) bond motifs is 2. The zero-order valence-corrected chi connectivity index (χ0v) is 22.0. The zero-order chi connectivity index (χ0) is 26.3. The first kappa shape index (κ1) is 26.9. The van der Waals surface area contributed by atoms with Gasteiger partial charge in [-0.25, -0.2) is 8.42 Å². The molecule has 2 aliphatic rings. The quantitative estimate of drug-likeness (QED) is 0.390. The SMILES string of the molecule is C=C1COC(=O)CCCCCCCCC(=O)OCC2(C1)CN(S(=O)(=O)c1ccccc1)c1ccccc12. The maximum Gasteiger partial charge on any atom is 0.306 e. The van der Waals surface area contributed by atoms with Crippen molar-refractivity contribution >= 4 is 27.6 Å². The summed E-state index contributed by atoms with van der Waals surface area (Å²) in [4.78, 5) is 25.1. The maximum atomic E-state index is 13.7. The van der Waals surface area contributed by atoms with Gasteiger partial charge in [0.05, 0.1) is 16.0 Å². The van der Waals surface area contributed by atoms with Crippen LogP contribution in [0, 0.1) is 0 Å². The van der Waals surface area contributed by atoms with Crippen molar-refractivity contribution in [2.24, 2.45) is 0 Å². The van der Waals surface area contributed by atoms with Gasteiger partial charge >= 0.3 is 11.9 Å². The van der Waals surface area contributed by atoms with E-state index in [0.29, 0.717) is 30.5 Å². The minimum absolute atomic E-state index is 0.0105. The number of hydrogen-bond acceptors (Lipinski definition) is 6. The van der Waals surface area contributed by atoms with Crippen LogP contribution < -0.4 is 4.31 Å². The molecule has 1 saturated heterocycles. The van der Waals surface area contributed by atoms with E-state index in [1.165, 1.54) is 4.31 Å². The largest absolute Gasteiger partial charge is 0.465 e.